The third-order valence-electron chi connectivity index (χ3n) is 0.940. The minimum atomic E-state index is 1.32. The molecule has 1 aromatic rings. The number of aryl methyl sites for hydroxylation is 1. The Morgan fingerprint density at radius 2 is 1.27 bits per heavy atom. The van der Waals surface area contributed by atoms with Crippen molar-refractivity contribution >= 4 is 16.9 Å². The number of rotatable bonds is 0. The molecule has 0 aliphatic rings. The molecule has 0 saturated heterocycles. The maximum Gasteiger partial charge on any atom is -0.0398 e. The average Bonchev–Trinajstić information content (AvgIpc) is 2.13. The third kappa shape index (κ3) is 9.78. The van der Waals surface area contributed by atoms with Gasteiger partial charge in [0.05, 0.1) is 0 Å². The molecular formula is C10H19As. The van der Waals surface area contributed by atoms with Gasteiger partial charge in [0.15, 0.2) is 0 Å². The molecule has 0 aliphatic carbocycles. The maximum absolute atomic E-state index is 2.08. The van der Waals surface area contributed by atoms with Crippen molar-refractivity contribution in [2.45, 2.75) is 26.5 Å². The van der Waals surface area contributed by atoms with Crippen LogP contribution in [0.15, 0.2) is 30.3 Å². The van der Waals surface area contributed by atoms with Crippen LogP contribution in [0.25, 0.3) is 0 Å². The first-order chi connectivity index (χ1) is 5.39. The van der Waals surface area contributed by atoms with Crippen molar-refractivity contribution in [3.63, 3.8) is 0 Å². The van der Waals surface area contributed by atoms with E-state index in [9.17, 15) is 0 Å². The first-order valence-corrected chi connectivity index (χ1v) is 6.41. The second-order valence-corrected chi connectivity index (χ2v) is 1.65. The SMILES string of the molecule is CC.C[AsH2].Cc1ccccc1. The van der Waals surface area contributed by atoms with Crippen LogP contribution < -0.4 is 0 Å². The standard InChI is InChI=1S/C7H8.C2H6.CH5As/c1-7-5-3-2-4-6-7;2*1-2/h2-6H,1H3;1-2H3;2H2,1H3. The smallest absolute Gasteiger partial charge is 0.0398 e. The predicted molar refractivity (Wildman–Crippen MR) is 56.9 cm³/mol. The largest absolute Gasteiger partial charge is 0.0622 e. The molecule has 1 rings (SSSR count). The summed E-state index contributed by atoms with van der Waals surface area (Å²) in [5, 5.41) is 0. The molecule has 0 heterocycles. The summed E-state index contributed by atoms with van der Waals surface area (Å²) in [4.78, 5) is 0. The van der Waals surface area contributed by atoms with Crippen molar-refractivity contribution in [2.24, 2.45) is 0 Å². The maximum atomic E-state index is 2.08. The van der Waals surface area contributed by atoms with Gasteiger partial charge in [0, 0.05) is 0 Å². The van der Waals surface area contributed by atoms with E-state index in [2.05, 4.69) is 24.8 Å². The van der Waals surface area contributed by atoms with E-state index >= 15 is 0 Å². The van der Waals surface area contributed by atoms with Crippen LogP contribution in [0.5, 0.6) is 0 Å². The van der Waals surface area contributed by atoms with Crippen LogP contribution in [0, 0.1) is 6.92 Å². The summed E-state index contributed by atoms with van der Waals surface area (Å²) in [6.45, 7) is 6.08. The molecule has 0 radical (unpaired) electrons. The van der Waals surface area contributed by atoms with Gasteiger partial charge >= 0.3 is 22.6 Å². The fraction of sp³-hybridized carbons (Fsp3) is 0.400. The number of benzene rings is 1. The van der Waals surface area contributed by atoms with Crippen molar-refractivity contribution in [1.82, 2.24) is 0 Å². The van der Waals surface area contributed by atoms with Gasteiger partial charge in [-0.1, -0.05) is 49.7 Å². The Labute approximate surface area is 79.5 Å². The molecule has 1 heteroatoms. The zero-order chi connectivity index (χ0) is 9.11. The molecule has 1 aromatic carbocycles. The monoisotopic (exact) mass is 214 g/mol. The van der Waals surface area contributed by atoms with E-state index in [0.717, 1.165) is 0 Å². The third-order valence-corrected chi connectivity index (χ3v) is 0.940. The minimum absolute atomic E-state index is 1.32. The first-order valence-electron chi connectivity index (χ1n) is 3.99. The van der Waals surface area contributed by atoms with E-state index in [1.807, 2.05) is 32.0 Å². The van der Waals surface area contributed by atoms with Gasteiger partial charge in [0.25, 0.3) is 0 Å². The molecular weight excluding hydrogens is 195 g/mol. The molecule has 1 unspecified atom stereocenters. The molecule has 0 nitrogen and oxygen atoms in total. The average molecular weight is 214 g/mol. The summed E-state index contributed by atoms with van der Waals surface area (Å²) in [6.07, 6.45) is 0. The van der Waals surface area contributed by atoms with Gasteiger partial charge in [-0.15, -0.1) is 0 Å². The summed E-state index contributed by atoms with van der Waals surface area (Å²) in [6, 6.07) is 10.3. The van der Waals surface area contributed by atoms with Crippen LogP contribution in [-0.4, -0.2) is 16.9 Å². The van der Waals surface area contributed by atoms with Gasteiger partial charge in [-0.05, 0) is 6.92 Å². The molecule has 11 heavy (non-hydrogen) atoms. The Hall–Kier alpha value is -0.222. The zero-order valence-electron chi connectivity index (χ0n) is 7.96. The van der Waals surface area contributed by atoms with E-state index in [-0.39, 0.29) is 0 Å². The van der Waals surface area contributed by atoms with Gasteiger partial charge in [0.2, 0.25) is 0 Å². The summed E-state index contributed by atoms with van der Waals surface area (Å²) in [7, 11) is 0. The predicted octanol–water partition coefficient (Wildman–Crippen LogP) is 2.69. The van der Waals surface area contributed by atoms with Crippen LogP contribution in [0.3, 0.4) is 0 Å². The van der Waals surface area contributed by atoms with E-state index in [4.69, 9.17) is 0 Å². The van der Waals surface area contributed by atoms with Gasteiger partial charge < -0.3 is 0 Å². The summed E-state index contributed by atoms with van der Waals surface area (Å²) < 4.78 is 0. The molecule has 64 valence electrons. The topological polar surface area (TPSA) is 0 Å². The van der Waals surface area contributed by atoms with Crippen molar-refractivity contribution < 1.29 is 0 Å². The van der Waals surface area contributed by atoms with Crippen LogP contribution in [0.1, 0.15) is 19.4 Å². The van der Waals surface area contributed by atoms with Gasteiger partial charge in [-0.2, -0.15) is 0 Å². The van der Waals surface area contributed by atoms with Crippen LogP contribution >= 0.6 is 0 Å². The van der Waals surface area contributed by atoms with Crippen molar-refractivity contribution in [3.8, 4) is 0 Å². The van der Waals surface area contributed by atoms with E-state index in [1.165, 1.54) is 5.56 Å². The quantitative estimate of drug-likeness (QED) is 0.582. The van der Waals surface area contributed by atoms with Crippen LogP contribution in [0.2, 0.25) is 5.71 Å². The molecule has 0 spiro atoms. The zero-order valence-corrected chi connectivity index (χ0v) is 10.4. The Balaban J connectivity index is 0. The summed E-state index contributed by atoms with van der Waals surface area (Å²) in [5.41, 5.74) is 3.38. The Morgan fingerprint density at radius 3 is 1.45 bits per heavy atom. The van der Waals surface area contributed by atoms with Crippen LogP contribution in [-0.2, 0) is 0 Å². The van der Waals surface area contributed by atoms with Gasteiger partial charge in [-0.25, -0.2) is 0 Å². The van der Waals surface area contributed by atoms with Gasteiger partial charge in [-0.3, -0.25) is 0 Å². The first kappa shape index (κ1) is 13.4. The number of hydrogen-bond acceptors (Lipinski definition) is 0. The van der Waals surface area contributed by atoms with E-state index in [0.29, 0.717) is 0 Å². The van der Waals surface area contributed by atoms with Crippen molar-refractivity contribution in [2.75, 3.05) is 0 Å². The fourth-order valence-corrected chi connectivity index (χ4v) is 0.534. The number of hydrogen-bond donors (Lipinski definition) is 0. The normalized spacial score (nSPS) is 6.64. The van der Waals surface area contributed by atoms with E-state index in [1.54, 1.807) is 16.9 Å². The molecule has 0 aromatic heterocycles. The Kier molecular flexibility index (Phi) is 15.1. The molecule has 0 aliphatic heterocycles. The second kappa shape index (κ2) is 12.5. The van der Waals surface area contributed by atoms with Crippen molar-refractivity contribution in [1.29, 1.82) is 0 Å². The molecule has 0 amide bonds. The minimum Gasteiger partial charge on any atom is -0.0622 e. The second-order valence-electron chi connectivity index (χ2n) is 1.65. The van der Waals surface area contributed by atoms with Crippen molar-refractivity contribution in [3.05, 3.63) is 35.9 Å². The van der Waals surface area contributed by atoms with Gasteiger partial charge in [0.1, 0.15) is 0 Å². The molecule has 1 atom stereocenters. The Morgan fingerprint density at radius 1 is 0.909 bits per heavy atom. The fourth-order valence-electron chi connectivity index (χ4n) is 0.534. The molecule has 0 bridgehead atoms. The Bertz CT molecular complexity index is 135. The molecule has 0 N–H and O–H groups in total. The van der Waals surface area contributed by atoms with E-state index < -0.39 is 0 Å². The molecule has 0 fully saturated rings. The summed E-state index contributed by atoms with van der Waals surface area (Å²) >= 11 is 1.69. The molecule has 0 saturated carbocycles. The van der Waals surface area contributed by atoms with Crippen LogP contribution in [0.4, 0.5) is 0 Å². The summed E-state index contributed by atoms with van der Waals surface area (Å²) in [5.74, 6) is 0.